The van der Waals surface area contributed by atoms with E-state index in [0.717, 1.165) is 23.9 Å². The summed E-state index contributed by atoms with van der Waals surface area (Å²) in [6.07, 6.45) is 3.69. The molecule has 1 aliphatic rings. The van der Waals surface area contributed by atoms with E-state index in [1.54, 1.807) is 13.4 Å². The molecule has 1 fully saturated rings. The summed E-state index contributed by atoms with van der Waals surface area (Å²) in [5, 5.41) is 12.8. The van der Waals surface area contributed by atoms with Crippen molar-refractivity contribution in [3.05, 3.63) is 29.6 Å². The number of hydrogen-bond donors (Lipinski definition) is 2. The molecule has 2 N–H and O–H groups in total. The molecule has 1 saturated carbocycles. The van der Waals surface area contributed by atoms with Gasteiger partial charge >= 0.3 is 5.97 Å². The van der Waals surface area contributed by atoms with Crippen LogP contribution in [0.3, 0.4) is 0 Å². The standard InChI is InChI=1S/C16H21N3O2/c1-10-6-13-14(7-11(10)2)19(9-18-13)8-16(17-3,15(20)21)12-4-5-12/h6-7,9,12,17H,4-5,8H2,1-3H3,(H,20,21). The summed E-state index contributed by atoms with van der Waals surface area (Å²) in [6.45, 7) is 4.53. The van der Waals surface area contributed by atoms with Gasteiger partial charge in [0, 0.05) is 0 Å². The van der Waals surface area contributed by atoms with Crippen LogP contribution < -0.4 is 5.32 Å². The normalized spacial score (nSPS) is 17.9. The molecular weight excluding hydrogens is 266 g/mol. The number of carboxylic acids is 1. The number of imidazole rings is 1. The van der Waals surface area contributed by atoms with E-state index in [9.17, 15) is 9.90 Å². The number of hydrogen-bond acceptors (Lipinski definition) is 3. The summed E-state index contributed by atoms with van der Waals surface area (Å²) < 4.78 is 1.96. The Morgan fingerprint density at radius 2 is 2.10 bits per heavy atom. The maximum atomic E-state index is 11.8. The van der Waals surface area contributed by atoms with E-state index in [0.29, 0.717) is 6.54 Å². The second-order valence-corrected chi connectivity index (χ2v) is 6.10. The molecule has 0 radical (unpaired) electrons. The molecule has 1 atom stereocenters. The third-order valence-electron chi connectivity index (χ3n) is 4.76. The van der Waals surface area contributed by atoms with Crippen molar-refractivity contribution < 1.29 is 9.90 Å². The summed E-state index contributed by atoms with van der Waals surface area (Å²) in [6, 6.07) is 4.15. The van der Waals surface area contributed by atoms with Gasteiger partial charge in [-0.25, -0.2) is 4.98 Å². The molecular formula is C16H21N3O2. The second kappa shape index (κ2) is 4.84. The van der Waals surface area contributed by atoms with Crippen LogP contribution in [0.4, 0.5) is 0 Å². The highest BCUT2D eigenvalue weighted by Crippen LogP contribution is 2.41. The molecule has 1 aliphatic carbocycles. The Kier molecular flexibility index (Phi) is 3.24. The number of benzene rings is 1. The Morgan fingerprint density at radius 1 is 1.43 bits per heavy atom. The molecule has 0 saturated heterocycles. The monoisotopic (exact) mass is 287 g/mol. The summed E-state index contributed by atoms with van der Waals surface area (Å²) in [4.78, 5) is 16.2. The van der Waals surface area contributed by atoms with Gasteiger partial charge in [-0.15, -0.1) is 0 Å². The molecule has 21 heavy (non-hydrogen) atoms. The van der Waals surface area contributed by atoms with E-state index in [2.05, 4.69) is 36.3 Å². The van der Waals surface area contributed by atoms with Crippen molar-refractivity contribution >= 4 is 17.0 Å². The molecule has 112 valence electrons. The van der Waals surface area contributed by atoms with E-state index < -0.39 is 11.5 Å². The van der Waals surface area contributed by atoms with Crippen LogP contribution in [-0.4, -0.2) is 33.2 Å². The van der Waals surface area contributed by atoms with E-state index in [1.165, 1.54) is 11.1 Å². The number of fused-ring (bicyclic) bond motifs is 1. The zero-order valence-electron chi connectivity index (χ0n) is 12.7. The average molecular weight is 287 g/mol. The quantitative estimate of drug-likeness (QED) is 0.884. The lowest BCUT2D eigenvalue weighted by Gasteiger charge is -2.29. The van der Waals surface area contributed by atoms with Gasteiger partial charge in [0.25, 0.3) is 0 Å². The molecule has 1 unspecified atom stereocenters. The van der Waals surface area contributed by atoms with Crippen molar-refractivity contribution in [3.8, 4) is 0 Å². The number of nitrogens with one attached hydrogen (secondary N) is 1. The Labute approximate surface area is 124 Å². The predicted molar refractivity (Wildman–Crippen MR) is 81.4 cm³/mol. The summed E-state index contributed by atoms with van der Waals surface area (Å²) in [5.41, 5.74) is 3.42. The number of carboxylic acid groups (broad SMARTS) is 1. The van der Waals surface area contributed by atoms with Crippen LogP contribution >= 0.6 is 0 Å². The van der Waals surface area contributed by atoms with Crippen molar-refractivity contribution in [1.82, 2.24) is 14.9 Å². The van der Waals surface area contributed by atoms with E-state index >= 15 is 0 Å². The van der Waals surface area contributed by atoms with Crippen LogP contribution in [0, 0.1) is 19.8 Å². The summed E-state index contributed by atoms with van der Waals surface area (Å²) in [7, 11) is 1.74. The molecule has 3 rings (SSSR count). The zero-order chi connectivity index (χ0) is 15.2. The predicted octanol–water partition coefficient (Wildman–Crippen LogP) is 2.11. The van der Waals surface area contributed by atoms with Crippen molar-refractivity contribution in [2.75, 3.05) is 7.05 Å². The van der Waals surface area contributed by atoms with Crippen LogP contribution in [0.1, 0.15) is 24.0 Å². The van der Waals surface area contributed by atoms with Crippen LogP contribution in [0.2, 0.25) is 0 Å². The van der Waals surface area contributed by atoms with Crippen LogP contribution in [0.5, 0.6) is 0 Å². The fraction of sp³-hybridized carbons (Fsp3) is 0.500. The number of likely N-dealkylation sites (N-methyl/N-ethyl adjacent to an activating group) is 1. The second-order valence-electron chi connectivity index (χ2n) is 6.10. The van der Waals surface area contributed by atoms with E-state index in [1.807, 2.05) is 4.57 Å². The lowest BCUT2D eigenvalue weighted by Crippen LogP contribution is -2.55. The third-order valence-corrected chi connectivity index (χ3v) is 4.76. The molecule has 2 aromatic rings. The van der Waals surface area contributed by atoms with Gasteiger partial charge in [-0.05, 0) is 62.9 Å². The fourth-order valence-electron chi connectivity index (χ4n) is 3.05. The molecule has 5 nitrogen and oxygen atoms in total. The number of aliphatic carboxylic acids is 1. The van der Waals surface area contributed by atoms with Gasteiger partial charge in [0.05, 0.1) is 23.9 Å². The first-order chi connectivity index (χ1) is 9.98. The van der Waals surface area contributed by atoms with E-state index in [4.69, 9.17) is 0 Å². The topological polar surface area (TPSA) is 67.2 Å². The largest absolute Gasteiger partial charge is 0.480 e. The zero-order valence-corrected chi connectivity index (χ0v) is 12.7. The van der Waals surface area contributed by atoms with Gasteiger partial charge in [-0.1, -0.05) is 0 Å². The summed E-state index contributed by atoms with van der Waals surface area (Å²) >= 11 is 0. The molecule has 5 heteroatoms. The third kappa shape index (κ3) is 2.21. The first-order valence-corrected chi connectivity index (χ1v) is 7.32. The molecule has 1 aromatic carbocycles. The minimum atomic E-state index is -0.896. The molecule has 0 bridgehead atoms. The Balaban J connectivity index is 2.04. The number of rotatable bonds is 5. The van der Waals surface area contributed by atoms with Crippen molar-refractivity contribution in [3.63, 3.8) is 0 Å². The van der Waals surface area contributed by atoms with E-state index in [-0.39, 0.29) is 5.92 Å². The van der Waals surface area contributed by atoms with Crippen molar-refractivity contribution in [1.29, 1.82) is 0 Å². The average Bonchev–Trinajstić information content (AvgIpc) is 3.22. The maximum absolute atomic E-state index is 11.8. The first-order valence-electron chi connectivity index (χ1n) is 7.32. The number of aromatic nitrogens is 2. The first kappa shape index (κ1) is 14.1. The Bertz CT molecular complexity index is 703. The van der Waals surface area contributed by atoms with Gasteiger partial charge in [-0.3, -0.25) is 4.79 Å². The highest BCUT2D eigenvalue weighted by molar-refractivity contribution is 5.81. The smallest absolute Gasteiger partial charge is 0.326 e. The van der Waals surface area contributed by atoms with Gasteiger partial charge in [0.15, 0.2) is 0 Å². The number of carbonyl (C=O) groups is 1. The van der Waals surface area contributed by atoms with Gasteiger partial charge < -0.3 is 15.0 Å². The number of aryl methyl sites for hydroxylation is 2. The fourth-order valence-corrected chi connectivity index (χ4v) is 3.05. The van der Waals surface area contributed by atoms with Crippen LogP contribution in [0.15, 0.2) is 18.5 Å². The van der Waals surface area contributed by atoms with Crippen molar-refractivity contribution in [2.24, 2.45) is 5.92 Å². The van der Waals surface area contributed by atoms with Gasteiger partial charge in [-0.2, -0.15) is 0 Å². The summed E-state index contributed by atoms with van der Waals surface area (Å²) in [5.74, 6) is -0.581. The van der Waals surface area contributed by atoms with Crippen LogP contribution in [-0.2, 0) is 11.3 Å². The molecule has 1 heterocycles. The number of nitrogens with zero attached hydrogens (tertiary/aromatic N) is 2. The SMILES string of the molecule is CNC(Cn1cnc2cc(C)c(C)cc21)(C(=O)O)C1CC1. The van der Waals surface area contributed by atoms with Crippen molar-refractivity contribution in [2.45, 2.75) is 38.8 Å². The maximum Gasteiger partial charge on any atom is 0.326 e. The Morgan fingerprint density at radius 3 is 2.67 bits per heavy atom. The molecule has 0 spiro atoms. The highest BCUT2D eigenvalue weighted by Gasteiger charge is 2.50. The van der Waals surface area contributed by atoms with Gasteiger partial charge in [0.2, 0.25) is 0 Å². The molecule has 1 aromatic heterocycles. The lowest BCUT2D eigenvalue weighted by molar-refractivity contribution is -0.146. The molecule has 0 aliphatic heterocycles. The minimum Gasteiger partial charge on any atom is -0.480 e. The Hall–Kier alpha value is -1.88. The van der Waals surface area contributed by atoms with Crippen LogP contribution in [0.25, 0.3) is 11.0 Å². The van der Waals surface area contributed by atoms with Gasteiger partial charge in [0.1, 0.15) is 5.54 Å². The minimum absolute atomic E-state index is 0.198. The molecule has 0 amide bonds. The highest BCUT2D eigenvalue weighted by atomic mass is 16.4. The lowest BCUT2D eigenvalue weighted by atomic mass is 9.93.